The van der Waals surface area contributed by atoms with Gasteiger partial charge in [-0.25, -0.2) is 4.79 Å². The van der Waals surface area contributed by atoms with Gasteiger partial charge in [0.25, 0.3) is 0 Å². The lowest BCUT2D eigenvalue weighted by Crippen LogP contribution is -1.97. The molecule has 0 aliphatic carbocycles. The zero-order chi connectivity index (χ0) is 12.0. The predicted molar refractivity (Wildman–Crippen MR) is 62.4 cm³/mol. The van der Waals surface area contributed by atoms with Crippen LogP contribution in [0.5, 0.6) is 5.75 Å². The molecule has 0 saturated carbocycles. The smallest absolute Gasteiger partial charge is 0.337 e. The van der Waals surface area contributed by atoms with E-state index in [0.717, 1.165) is 17.5 Å². The number of aryl methyl sites for hydroxylation is 1. The number of nitrogens with zero attached hydrogens (tertiary/aromatic N) is 1. The maximum absolute atomic E-state index is 11.1. The minimum atomic E-state index is -0.509. The van der Waals surface area contributed by atoms with Crippen LogP contribution in [0.3, 0.4) is 0 Å². The number of aromatic hydroxyl groups is 1. The Morgan fingerprint density at radius 3 is 2.88 bits per heavy atom. The number of esters is 1. The highest BCUT2D eigenvalue weighted by Gasteiger charge is 1.97. The second-order valence-corrected chi connectivity index (χ2v) is 3.18. The quantitative estimate of drug-likeness (QED) is 0.365. The maximum atomic E-state index is 11.1. The topological polar surface area (TPSA) is 58.9 Å². The molecule has 4 nitrogen and oxygen atoms in total. The number of ether oxygens (including phenoxy) is 1. The number of rotatable bonds is 3. The number of aliphatic imine (C=N–C) groups is 1. The van der Waals surface area contributed by atoms with Gasteiger partial charge in [-0.2, -0.15) is 0 Å². The molecule has 0 spiro atoms. The van der Waals surface area contributed by atoms with E-state index in [-0.39, 0.29) is 5.75 Å². The monoisotopic (exact) mass is 219 g/mol. The van der Waals surface area contributed by atoms with Crippen LogP contribution in [0, 0.1) is 6.92 Å². The molecule has 0 bridgehead atoms. The second kappa shape index (κ2) is 5.70. The molecule has 0 atom stereocenters. The third-order valence-corrected chi connectivity index (χ3v) is 1.92. The number of benzene rings is 1. The highest BCUT2D eigenvalue weighted by atomic mass is 16.5. The van der Waals surface area contributed by atoms with Crippen LogP contribution in [0.15, 0.2) is 29.3 Å². The standard InChI is InChI=1S/C12H13NO3/c1-9-3-4-10(7-11(9)14)5-6-12(15)16-8-13-2/h3-8,14H,1-2H3/b6-5+,13-8?. The minimum absolute atomic E-state index is 0.200. The fourth-order valence-corrected chi connectivity index (χ4v) is 1.04. The van der Waals surface area contributed by atoms with E-state index < -0.39 is 5.97 Å². The number of hydrogen-bond acceptors (Lipinski definition) is 4. The van der Waals surface area contributed by atoms with Crippen molar-refractivity contribution in [2.75, 3.05) is 7.05 Å². The zero-order valence-corrected chi connectivity index (χ0v) is 9.18. The van der Waals surface area contributed by atoms with Gasteiger partial charge in [0.15, 0.2) is 6.40 Å². The normalized spacial score (nSPS) is 11.1. The van der Waals surface area contributed by atoms with Gasteiger partial charge in [-0.15, -0.1) is 0 Å². The Labute approximate surface area is 93.9 Å². The molecule has 84 valence electrons. The average molecular weight is 219 g/mol. The first-order valence-corrected chi connectivity index (χ1v) is 4.72. The summed E-state index contributed by atoms with van der Waals surface area (Å²) in [6.45, 7) is 1.80. The molecule has 4 heteroatoms. The van der Waals surface area contributed by atoms with E-state index in [1.807, 2.05) is 0 Å². The summed E-state index contributed by atoms with van der Waals surface area (Å²) in [6.07, 6.45) is 3.90. The minimum Gasteiger partial charge on any atom is -0.508 e. The van der Waals surface area contributed by atoms with Crippen molar-refractivity contribution < 1.29 is 14.6 Å². The summed E-state index contributed by atoms with van der Waals surface area (Å²) in [6, 6.07) is 5.15. The molecule has 1 rings (SSSR count). The second-order valence-electron chi connectivity index (χ2n) is 3.18. The van der Waals surface area contributed by atoms with Crippen molar-refractivity contribution in [3.05, 3.63) is 35.4 Å². The summed E-state index contributed by atoms with van der Waals surface area (Å²) in [7, 11) is 1.51. The number of phenols is 1. The fourth-order valence-electron chi connectivity index (χ4n) is 1.04. The average Bonchev–Trinajstić information content (AvgIpc) is 2.28. The van der Waals surface area contributed by atoms with Gasteiger partial charge in [-0.1, -0.05) is 12.1 Å². The Balaban J connectivity index is 2.69. The molecule has 0 heterocycles. The molecule has 0 aromatic heterocycles. The van der Waals surface area contributed by atoms with Gasteiger partial charge in [0.05, 0.1) is 0 Å². The van der Waals surface area contributed by atoms with Crippen molar-refractivity contribution in [1.29, 1.82) is 0 Å². The largest absolute Gasteiger partial charge is 0.508 e. The lowest BCUT2D eigenvalue weighted by atomic mass is 10.1. The van der Waals surface area contributed by atoms with E-state index in [4.69, 9.17) is 0 Å². The fraction of sp³-hybridized carbons (Fsp3) is 0.167. The van der Waals surface area contributed by atoms with Crippen molar-refractivity contribution in [1.82, 2.24) is 0 Å². The van der Waals surface area contributed by atoms with E-state index in [1.54, 1.807) is 31.2 Å². The van der Waals surface area contributed by atoms with Crippen molar-refractivity contribution in [3.8, 4) is 5.75 Å². The summed E-state index contributed by atoms with van der Waals surface area (Å²) in [5.74, 6) is -0.309. The van der Waals surface area contributed by atoms with Gasteiger partial charge in [-0.05, 0) is 30.2 Å². The summed E-state index contributed by atoms with van der Waals surface area (Å²) in [5, 5.41) is 9.44. The molecule has 0 saturated heterocycles. The molecule has 1 N–H and O–H groups in total. The number of carbonyl (C=O) groups excluding carboxylic acids is 1. The lowest BCUT2D eigenvalue weighted by Gasteiger charge is -1.99. The molecular formula is C12H13NO3. The van der Waals surface area contributed by atoms with Crippen LogP contribution in [-0.2, 0) is 9.53 Å². The van der Waals surface area contributed by atoms with E-state index in [0.29, 0.717) is 0 Å². The lowest BCUT2D eigenvalue weighted by molar-refractivity contribution is -0.129. The molecule has 0 unspecified atom stereocenters. The Kier molecular flexibility index (Phi) is 4.27. The van der Waals surface area contributed by atoms with Crippen molar-refractivity contribution in [2.24, 2.45) is 4.99 Å². The van der Waals surface area contributed by atoms with Crippen molar-refractivity contribution in [3.63, 3.8) is 0 Å². The molecule has 0 radical (unpaired) electrons. The summed E-state index contributed by atoms with van der Waals surface area (Å²) in [5.41, 5.74) is 1.52. The van der Waals surface area contributed by atoms with Gasteiger partial charge in [-0.3, -0.25) is 4.99 Å². The van der Waals surface area contributed by atoms with E-state index in [9.17, 15) is 9.90 Å². The Hall–Kier alpha value is -2.10. The molecule has 1 aromatic carbocycles. The Morgan fingerprint density at radius 1 is 1.50 bits per heavy atom. The van der Waals surface area contributed by atoms with E-state index in [2.05, 4.69) is 9.73 Å². The van der Waals surface area contributed by atoms with Crippen LogP contribution in [0.25, 0.3) is 6.08 Å². The van der Waals surface area contributed by atoms with Crippen LogP contribution < -0.4 is 0 Å². The predicted octanol–water partition coefficient (Wildman–Crippen LogP) is 1.92. The van der Waals surface area contributed by atoms with Gasteiger partial charge < -0.3 is 9.84 Å². The van der Waals surface area contributed by atoms with Crippen LogP contribution in [-0.4, -0.2) is 24.5 Å². The molecule has 0 aliphatic rings. The van der Waals surface area contributed by atoms with Gasteiger partial charge >= 0.3 is 5.97 Å². The summed E-state index contributed by atoms with van der Waals surface area (Å²) in [4.78, 5) is 14.6. The van der Waals surface area contributed by atoms with Crippen LogP contribution in [0.1, 0.15) is 11.1 Å². The van der Waals surface area contributed by atoms with Crippen LogP contribution >= 0.6 is 0 Å². The first kappa shape index (κ1) is 12.0. The van der Waals surface area contributed by atoms with E-state index in [1.165, 1.54) is 13.1 Å². The van der Waals surface area contributed by atoms with Crippen LogP contribution in [0.4, 0.5) is 0 Å². The third kappa shape index (κ3) is 3.57. The number of hydrogen-bond donors (Lipinski definition) is 1. The van der Waals surface area contributed by atoms with E-state index >= 15 is 0 Å². The molecular weight excluding hydrogens is 206 g/mol. The van der Waals surface area contributed by atoms with Crippen LogP contribution in [0.2, 0.25) is 0 Å². The van der Waals surface area contributed by atoms with Gasteiger partial charge in [0.1, 0.15) is 5.75 Å². The number of carbonyl (C=O) groups is 1. The van der Waals surface area contributed by atoms with Gasteiger partial charge in [0.2, 0.25) is 0 Å². The molecule has 16 heavy (non-hydrogen) atoms. The highest BCUT2D eigenvalue weighted by molar-refractivity contribution is 5.91. The zero-order valence-electron chi connectivity index (χ0n) is 9.18. The highest BCUT2D eigenvalue weighted by Crippen LogP contribution is 2.18. The van der Waals surface area contributed by atoms with Gasteiger partial charge in [0, 0.05) is 13.1 Å². The third-order valence-electron chi connectivity index (χ3n) is 1.92. The SMILES string of the molecule is CN=COC(=O)/C=C/c1ccc(C)c(O)c1. The Morgan fingerprint density at radius 2 is 2.25 bits per heavy atom. The molecule has 0 aliphatic heterocycles. The molecule has 1 aromatic rings. The van der Waals surface area contributed by atoms with Crippen molar-refractivity contribution in [2.45, 2.75) is 6.92 Å². The first-order valence-electron chi connectivity index (χ1n) is 4.72. The Bertz CT molecular complexity index is 436. The molecule has 0 amide bonds. The summed E-state index contributed by atoms with van der Waals surface area (Å²) >= 11 is 0. The van der Waals surface area contributed by atoms with Crippen molar-refractivity contribution >= 4 is 18.4 Å². The maximum Gasteiger partial charge on any atom is 0.337 e. The number of phenolic OH excluding ortho intramolecular Hbond substituents is 1. The first-order chi connectivity index (χ1) is 7.63. The molecule has 0 fully saturated rings. The summed E-state index contributed by atoms with van der Waals surface area (Å²) < 4.78 is 4.59.